The van der Waals surface area contributed by atoms with Gasteiger partial charge in [-0.15, -0.1) is 0 Å². The van der Waals surface area contributed by atoms with Gasteiger partial charge in [-0.1, -0.05) is 17.3 Å². The molecule has 21 heavy (non-hydrogen) atoms. The molecule has 0 saturated heterocycles. The molecule has 2 aromatic heterocycles. The molecular weight excluding hydrogens is 270 g/mol. The van der Waals surface area contributed by atoms with Crippen LogP contribution in [0.25, 0.3) is 10.9 Å². The van der Waals surface area contributed by atoms with Gasteiger partial charge < -0.3 is 9.51 Å². The molecule has 0 atom stereocenters. The lowest BCUT2D eigenvalue weighted by atomic mass is 10.2. The maximum Gasteiger partial charge on any atom is 0.258 e. The van der Waals surface area contributed by atoms with E-state index in [2.05, 4.69) is 20.1 Å². The number of nitrogens with zero attached hydrogens (tertiary/aromatic N) is 4. The van der Waals surface area contributed by atoms with Gasteiger partial charge >= 0.3 is 0 Å². The standard InChI is InChI=1S/C14H15N5O2/c1-9-15-13(21-18-9)8-19(2)7-12-16-11-6-4-3-5-10(11)14(20)17-12/h3-6H,7-8H2,1-2H3,(H,16,17,20). The summed E-state index contributed by atoms with van der Waals surface area (Å²) < 4.78 is 5.07. The third-order valence-corrected chi connectivity index (χ3v) is 3.06. The highest BCUT2D eigenvalue weighted by Crippen LogP contribution is 2.08. The lowest BCUT2D eigenvalue weighted by molar-refractivity contribution is 0.256. The van der Waals surface area contributed by atoms with Crippen molar-refractivity contribution in [1.82, 2.24) is 25.0 Å². The van der Waals surface area contributed by atoms with Gasteiger partial charge in [0.25, 0.3) is 5.56 Å². The number of hydrogen-bond acceptors (Lipinski definition) is 6. The van der Waals surface area contributed by atoms with E-state index in [9.17, 15) is 4.79 Å². The smallest absolute Gasteiger partial charge is 0.258 e. The minimum absolute atomic E-state index is 0.127. The first-order valence-electron chi connectivity index (χ1n) is 6.57. The molecule has 7 nitrogen and oxygen atoms in total. The molecule has 0 unspecified atom stereocenters. The van der Waals surface area contributed by atoms with Crippen molar-refractivity contribution in [2.45, 2.75) is 20.0 Å². The molecule has 0 aliphatic rings. The fourth-order valence-corrected chi connectivity index (χ4v) is 2.16. The van der Waals surface area contributed by atoms with Crippen molar-refractivity contribution < 1.29 is 4.52 Å². The van der Waals surface area contributed by atoms with Crippen LogP contribution < -0.4 is 5.56 Å². The number of aromatic amines is 1. The summed E-state index contributed by atoms with van der Waals surface area (Å²) in [4.78, 5) is 25.3. The summed E-state index contributed by atoms with van der Waals surface area (Å²) >= 11 is 0. The van der Waals surface area contributed by atoms with Crippen LogP contribution in [0.2, 0.25) is 0 Å². The van der Waals surface area contributed by atoms with E-state index in [0.717, 1.165) is 0 Å². The van der Waals surface area contributed by atoms with E-state index in [1.807, 2.05) is 30.1 Å². The van der Waals surface area contributed by atoms with Gasteiger partial charge in [0.15, 0.2) is 5.82 Å². The van der Waals surface area contributed by atoms with Crippen molar-refractivity contribution in [2.75, 3.05) is 7.05 Å². The lowest BCUT2D eigenvalue weighted by Crippen LogP contribution is -2.22. The molecule has 0 radical (unpaired) electrons. The van der Waals surface area contributed by atoms with Crippen molar-refractivity contribution in [1.29, 1.82) is 0 Å². The van der Waals surface area contributed by atoms with Gasteiger partial charge in [-0.25, -0.2) is 4.98 Å². The molecule has 3 rings (SSSR count). The number of benzene rings is 1. The van der Waals surface area contributed by atoms with Crippen LogP contribution in [0.3, 0.4) is 0 Å². The number of aryl methyl sites for hydroxylation is 1. The monoisotopic (exact) mass is 285 g/mol. The predicted octanol–water partition coefficient (Wildman–Crippen LogP) is 1.25. The van der Waals surface area contributed by atoms with Crippen molar-refractivity contribution in [2.24, 2.45) is 0 Å². The number of aromatic nitrogens is 4. The Labute approximate surface area is 120 Å². The zero-order valence-electron chi connectivity index (χ0n) is 11.8. The van der Waals surface area contributed by atoms with Crippen LogP contribution in [0.15, 0.2) is 33.6 Å². The molecular formula is C14H15N5O2. The fraction of sp³-hybridized carbons (Fsp3) is 0.286. The molecule has 7 heteroatoms. The summed E-state index contributed by atoms with van der Waals surface area (Å²) in [6.07, 6.45) is 0. The van der Waals surface area contributed by atoms with E-state index < -0.39 is 0 Å². The Morgan fingerprint density at radius 1 is 1.24 bits per heavy atom. The lowest BCUT2D eigenvalue weighted by Gasteiger charge is -2.13. The normalized spacial score (nSPS) is 11.4. The van der Waals surface area contributed by atoms with Crippen LogP contribution in [0.4, 0.5) is 0 Å². The third kappa shape index (κ3) is 2.97. The van der Waals surface area contributed by atoms with Crippen LogP contribution in [-0.4, -0.2) is 32.1 Å². The minimum atomic E-state index is -0.127. The molecule has 0 aliphatic carbocycles. The second-order valence-corrected chi connectivity index (χ2v) is 4.94. The Bertz CT molecular complexity index is 823. The minimum Gasteiger partial charge on any atom is -0.338 e. The number of fused-ring (bicyclic) bond motifs is 1. The van der Waals surface area contributed by atoms with E-state index in [1.54, 1.807) is 13.0 Å². The Kier molecular flexibility index (Phi) is 3.49. The number of para-hydroxylation sites is 1. The Hall–Kier alpha value is -2.54. The molecule has 0 fully saturated rings. The maximum atomic E-state index is 12.0. The van der Waals surface area contributed by atoms with Gasteiger partial charge in [0.05, 0.1) is 24.0 Å². The quantitative estimate of drug-likeness (QED) is 0.776. The highest BCUT2D eigenvalue weighted by molar-refractivity contribution is 5.77. The molecule has 3 aromatic rings. The van der Waals surface area contributed by atoms with Gasteiger partial charge in [-0.3, -0.25) is 9.69 Å². The average Bonchev–Trinajstić information content (AvgIpc) is 2.84. The van der Waals surface area contributed by atoms with Gasteiger partial charge in [0.1, 0.15) is 5.82 Å². The molecule has 0 bridgehead atoms. The first-order valence-corrected chi connectivity index (χ1v) is 6.57. The van der Waals surface area contributed by atoms with Crippen LogP contribution >= 0.6 is 0 Å². The molecule has 0 saturated carbocycles. The summed E-state index contributed by atoms with van der Waals surface area (Å²) in [5.74, 6) is 1.76. The van der Waals surface area contributed by atoms with Gasteiger partial charge in [0.2, 0.25) is 5.89 Å². The molecule has 108 valence electrons. The fourth-order valence-electron chi connectivity index (χ4n) is 2.16. The zero-order chi connectivity index (χ0) is 14.8. The number of nitrogens with one attached hydrogen (secondary N) is 1. The van der Waals surface area contributed by atoms with E-state index in [-0.39, 0.29) is 5.56 Å². The topological polar surface area (TPSA) is 87.9 Å². The van der Waals surface area contributed by atoms with Crippen molar-refractivity contribution in [3.05, 3.63) is 52.2 Å². The van der Waals surface area contributed by atoms with Crippen LogP contribution in [0.5, 0.6) is 0 Å². The van der Waals surface area contributed by atoms with E-state index in [4.69, 9.17) is 4.52 Å². The van der Waals surface area contributed by atoms with E-state index in [1.165, 1.54) is 0 Å². The summed E-state index contributed by atoms with van der Waals surface area (Å²) in [5, 5.41) is 4.34. The molecule has 1 N–H and O–H groups in total. The number of rotatable bonds is 4. The van der Waals surface area contributed by atoms with Crippen molar-refractivity contribution in [3.8, 4) is 0 Å². The van der Waals surface area contributed by atoms with Gasteiger partial charge in [0, 0.05) is 0 Å². The first kappa shape index (κ1) is 13.4. The molecule has 0 spiro atoms. The summed E-state index contributed by atoms with van der Waals surface area (Å²) in [6, 6.07) is 7.28. The highest BCUT2D eigenvalue weighted by atomic mass is 16.5. The predicted molar refractivity (Wildman–Crippen MR) is 76.6 cm³/mol. The second kappa shape index (κ2) is 5.45. The van der Waals surface area contributed by atoms with Crippen LogP contribution in [0, 0.1) is 6.92 Å². The number of hydrogen-bond donors (Lipinski definition) is 1. The van der Waals surface area contributed by atoms with E-state index in [0.29, 0.717) is 41.5 Å². The molecule has 0 aliphatic heterocycles. The third-order valence-electron chi connectivity index (χ3n) is 3.06. The summed E-state index contributed by atoms with van der Waals surface area (Å²) in [5.41, 5.74) is 0.566. The molecule has 0 amide bonds. The SMILES string of the molecule is Cc1noc(CN(C)Cc2nc3ccccc3c(=O)[nH]2)n1. The average molecular weight is 285 g/mol. The summed E-state index contributed by atoms with van der Waals surface area (Å²) in [7, 11) is 1.90. The zero-order valence-corrected chi connectivity index (χ0v) is 11.8. The van der Waals surface area contributed by atoms with Crippen LogP contribution in [-0.2, 0) is 13.1 Å². The Balaban J connectivity index is 1.79. The highest BCUT2D eigenvalue weighted by Gasteiger charge is 2.10. The number of H-pyrrole nitrogens is 1. The maximum absolute atomic E-state index is 12.0. The molecule has 2 heterocycles. The van der Waals surface area contributed by atoms with E-state index >= 15 is 0 Å². The van der Waals surface area contributed by atoms with Crippen molar-refractivity contribution in [3.63, 3.8) is 0 Å². The first-order chi connectivity index (χ1) is 10.1. The summed E-state index contributed by atoms with van der Waals surface area (Å²) in [6.45, 7) is 2.76. The molecule has 1 aromatic carbocycles. The van der Waals surface area contributed by atoms with Crippen LogP contribution in [0.1, 0.15) is 17.5 Å². The second-order valence-electron chi connectivity index (χ2n) is 4.94. The Morgan fingerprint density at radius 2 is 2.05 bits per heavy atom. The van der Waals surface area contributed by atoms with Gasteiger partial charge in [-0.2, -0.15) is 4.98 Å². The largest absolute Gasteiger partial charge is 0.338 e. The van der Waals surface area contributed by atoms with Gasteiger partial charge in [-0.05, 0) is 26.1 Å². The Morgan fingerprint density at radius 3 is 2.81 bits per heavy atom. The van der Waals surface area contributed by atoms with Crippen molar-refractivity contribution >= 4 is 10.9 Å².